The first-order chi connectivity index (χ1) is 4.54. The molecule has 0 spiro atoms. The Balaban J connectivity index is 2.63. The van der Waals surface area contributed by atoms with Crippen molar-refractivity contribution >= 4 is 0 Å². The Hall–Kier alpha value is -0.370. The van der Waals surface area contributed by atoms with Crippen molar-refractivity contribution in [3.63, 3.8) is 0 Å². The summed E-state index contributed by atoms with van der Waals surface area (Å²) < 4.78 is 13.5. The van der Waals surface area contributed by atoms with Gasteiger partial charge in [-0.15, -0.1) is 0 Å². The van der Waals surface area contributed by atoms with Gasteiger partial charge in [0.2, 0.25) is 0 Å². The van der Waals surface area contributed by atoms with Gasteiger partial charge in [-0.25, -0.2) is 4.39 Å². The second kappa shape index (κ2) is 2.35. The molecule has 1 aliphatic rings. The first-order valence-electron chi connectivity index (χ1n) is 3.65. The zero-order valence-electron chi connectivity index (χ0n) is 6.36. The average Bonchev–Trinajstić information content (AvgIpc) is 2.13. The highest BCUT2D eigenvalue weighted by Crippen LogP contribution is 2.37. The number of halogens is 1. The molecular formula is C8H14FN. The molecule has 2 N–H and O–H groups in total. The van der Waals surface area contributed by atoms with E-state index in [1.165, 1.54) is 0 Å². The van der Waals surface area contributed by atoms with Gasteiger partial charge in [0.05, 0.1) is 0 Å². The van der Waals surface area contributed by atoms with Crippen molar-refractivity contribution in [1.29, 1.82) is 0 Å². The van der Waals surface area contributed by atoms with Crippen LogP contribution in [0, 0.1) is 0 Å². The molecule has 0 amide bonds. The third-order valence-electron chi connectivity index (χ3n) is 2.26. The minimum Gasteiger partial charge on any atom is -0.328 e. The summed E-state index contributed by atoms with van der Waals surface area (Å²) in [6.07, 6.45) is 1.81. The molecule has 2 atom stereocenters. The van der Waals surface area contributed by atoms with Gasteiger partial charge in [0.1, 0.15) is 5.67 Å². The summed E-state index contributed by atoms with van der Waals surface area (Å²) in [5.41, 5.74) is 5.04. The van der Waals surface area contributed by atoms with E-state index in [1.54, 1.807) is 6.92 Å². The first-order valence-corrected chi connectivity index (χ1v) is 3.65. The smallest absolute Gasteiger partial charge is 0.133 e. The number of hydrogen-bond acceptors (Lipinski definition) is 1. The van der Waals surface area contributed by atoms with Gasteiger partial charge in [-0.3, -0.25) is 0 Å². The number of hydrogen-bond donors (Lipinski definition) is 1. The van der Waals surface area contributed by atoms with Crippen molar-refractivity contribution in [1.82, 2.24) is 0 Å². The molecule has 1 fully saturated rings. The van der Waals surface area contributed by atoms with Crippen LogP contribution in [0.25, 0.3) is 0 Å². The van der Waals surface area contributed by atoms with E-state index in [0.29, 0.717) is 18.4 Å². The summed E-state index contributed by atoms with van der Waals surface area (Å²) in [6, 6.07) is 0.0432. The molecule has 1 aliphatic carbocycles. The van der Waals surface area contributed by atoms with Crippen LogP contribution < -0.4 is 5.73 Å². The van der Waals surface area contributed by atoms with Crippen LogP contribution in [0.3, 0.4) is 0 Å². The van der Waals surface area contributed by atoms with Crippen LogP contribution in [0.1, 0.15) is 26.2 Å². The second-order valence-electron chi connectivity index (χ2n) is 3.25. The SMILES string of the molecule is C=C(C)C1(F)CCC(N)C1. The van der Waals surface area contributed by atoms with Crippen molar-refractivity contribution in [2.24, 2.45) is 5.73 Å². The van der Waals surface area contributed by atoms with E-state index in [4.69, 9.17) is 5.73 Å². The molecule has 58 valence electrons. The second-order valence-corrected chi connectivity index (χ2v) is 3.25. The summed E-state index contributed by atoms with van der Waals surface area (Å²) in [4.78, 5) is 0. The van der Waals surface area contributed by atoms with Crippen LogP contribution in [-0.2, 0) is 0 Å². The number of rotatable bonds is 1. The average molecular weight is 143 g/mol. The standard InChI is InChI=1S/C8H14FN/c1-6(2)8(9)4-3-7(10)5-8/h7H,1,3-5,10H2,2H3. The highest BCUT2D eigenvalue weighted by molar-refractivity contribution is 5.13. The Labute approximate surface area is 61.1 Å². The van der Waals surface area contributed by atoms with Crippen molar-refractivity contribution in [2.45, 2.75) is 37.9 Å². The third-order valence-corrected chi connectivity index (χ3v) is 2.26. The highest BCUT2D eigenvalue weighted by Gasteiger charge is 2.38. The van der Waals surface area contributed by atoms with Crippen LogP contribution in [0.2, 0.25) is 0 Å². The van der Waals surface area contributed by atoms with Gasteiger partial charge in [-0.05, 0) is 25.3 Å². The van der Waals surface area contributed by atoms with E-state index < -0.39 is 5.67 Å². The maximum atomic E-state index is 13.5. The summed E-state index contributed by atoms with van der Waals surface area (Å²) in [6.45, 7) is 5.35. The van der Waals surface area contributed by atoms with Crippen LogP contribution in [-0.4, -0.2) is 11.7 Å². The normalized spacial score (nSPS) is 40.1. The van der Waals surface area contributed by atoms with Crippen LogP contribution in [0.4, 0.5) is 4.39 Å². The Morgan fingerprint density at radius 3 is 2.60 bits per heavy atom. The lowest BCUT2D eigenvalue weighted by Gasteiger charge is -2.18. The van der Waals surface area contributed by atoms with Gasteiger partial charge < -0.3 is 5.73 Å². The van der Waals surface area contributed by atoms with Gasteiger partial charge >= 0.3 is 0 Å². The van der Waals surface area contributed by atoms with Crippen molar-refractivity contribution in [3.8, 4) is 0 Å². The molecule has 0 aliphatic heterocycles. The van der Waals surface area contributed by atoms with Crippen molar-refractivity contribution in [3.05, 3.63) is 12.2 Å². The van der Waals surface area contributed by atoms with Crippen LogP contribution >= 0.6 is 0 Å². The third kappa shape index (κ3) is 1.21. The Morgan fingerprint density at radius 2 is 2.40 bits per heavy atom. The van der Waals surface area contributed by atoms with Gasteiger partial charge in [-0.1, -0.05) is 6.58 Å². The molecular weight excluding hydrogens is 129 g/mol. The zero-order valence-corrected chi connectivity index (χ0v) is 6.36. The van der Waals surface area contributed by atoms with E-state index >= 15 is 0 Å². The molecule has 1 nitrogen and oxygen atoms in total. The topological polar surface area (TPSA) is 26.0 Å². The van der Waals surface area contributed by atoms with E-state index in [2.05, 4.69) is 6.58 Å². The molecule has 0 aromatic rings. The fourth-order valence-electron chi connectivity index (χ4n) is 1.42. The van der Waals surface area contributed by atoms with Gasteiger partial charge in [-0.2, -0.15) is 0 Å². The fourth-order valence-corrected chi connectivity index (χ4v) is 1.42. The lowest BCUT2D eigenvalue weighted by atomic mass is 9.96. The molecule has 1 rings (SSSR count). The summed E-state index contributed by atoms with van der Waals surface area (Å²) in [5.74, 6) is 0. The first kappa shape index (κ1) is 7.73. The number of nitrogens with two attached hydrogens (primary N) is 1. The van der Waals surface area contributed by atoms with E-state index in [1.807, 2.05) is 0 Å². The molecule has 0 heterocycles. The fraction of sp³-hybridized carbons (Fsp3) is 0.750. The number of alkyl halides is 1. The van der Waals surface area contributed by atoms with E-state index in [9.17, 15) is 4.39 Å². The minimum atomic E-state index is -1.15. The molecule has 2 heteroatoms. The van der Waals surface area contributed by atoms with Crippen LogP contribution in [0.15, 0.2) is 12.2 Å². The number of allylic oxidation sites excluding steroid dienone is 1. The molecule has 0 saturated heterocycles. The monoisotopic (exact) mass is 143 g/mol. The van der Waals surface area contributed by atoms with Crippen molar-refractivity contribution in [2.75, 3.05) is 0 Å². The molecule has 1 saturated carbocycles. The van der Waals surface area contributed by atoms with E-state index in [0.717, 1.165) is 6.42 Å². The molecule has 0 radical (unpaired) electrons. The predicted molar refractivity (Wildman–Crippen MR) is 40.5 cm³/mol. The summed E-state index contributed by atoms with van der Waals surface area (Å²) in [5, 5.41) is 0. The maximum Gasteiger partial charge on any atom is 0.133 e. The van der Waals surface area contributed by atoms with Gasteiger partial charge in [0.15, 0.2) is 0 Å². The highest BCUT2D eigenvalue weighted by atomic mass is 19.1. The molecule has 0 aromatic carbocycles. The Kier molecular flexibility index (Phi) is 1.82. The summed E-state index contributed by atoms with van der Waals surface area (Å²) in [7, 11) is 0. The molecule has 10 heavy (non-hydrogen) atoms. The predicted octanol–water partition coefficient (Wildman–Crippen LogP) is 1.78. The molecule has 0 bridgehead atoms. The lowest BCUT2D eigenvalue weighted by molar-refractivity contribution is 0.220. The van der Waals surface area contributed by atoms with Gasteiger partial charge in [0.25, 0.3) is 0 Å². The largest absolute Gasteiger partial charge is 0.328 e. The Bertz CT molecular complexity index is 155. The lowest BCUT2D eigenvalue weighted by Crippen LogP contribution is -2.23. The van der Waals surface area contributed by atoms with Crippen LogP contribution in [0.5, 0.6) is 0 Å². The van der Waals surface area contributed by atoms with Crippen molar-refractivity contribution < 1.29 is 4.39 Å². The Morgan fingerprint density at radius 1 is 1.80 bits per heavy atom. The quantitative estimate of drug-likeness (QED) is 0.556. The van der Waals surface area contributed by atoms with E-state index in [-0.39, 0.29) is 6.04 Å². The summed E-state index contributed by atoms with van der Waals surface area (Å²) >= 11 is 0. The zero-order chi connectivity index (χ0) is 7.78. The molecule has 0 aromatic heterocycles. The van der Waals surface area contributed by atoms with Gasteiger partial charge in [0, 0.05) is 12.5 Å². The minimum absolute atomic E-state index is 0.0432. The molecule has 2 unspecified atom stereocenters. The maximum absolute atomic E-state index is 13.5.